The Balaban J connectivity index is 1.63. The lowest BCUT2D eigenvalue weighted by Gasteiger charge is -2.39. The maximum atomic E-state index is 6.29. The molecule has 1 N–H and O–H groups in total. The molecule has 0 bridgehead atoms. The van der Waals surface area contributed by atoms with Gasteiger partial charge >= 0.3 is 0 Å². The molecular formula is C28H30Cl2N2O3S. The fourth-order valence-electron chi connectivity index (χ4n) is 4.34. The Bertz CT molecular complexity index is 1230. The van der Waals surface area contributed by atoms with Gasteiger partial charge < -0.3 is 24.4 Å². The molecule has 8 heteroatoms. The van der Waals surface area contributed by atoms with Gasteiger partial charge in [0.05, 0.1) is 30.3 Å². The van der Waals surface area contributed by atoms with Gasteiger partial charge in [-0.3, -0.25) is 0 Å². The summed E-state index contributed by atoms with van der Waals surface area (Å²) in [7, 11) is 3.29. The Hall–Kier alpha value is -2.67. The monoisotopic (exact) mass is 544 g/mol. The minimum Gasteiger partial charge on any atom is -0.493 e. The highest BCUT2D eigenvalue weighted by Crippen LogP contribution is 2.39. The molecule has 1 atom stereocenters. The molecule has 1 aliphatic heterocycles. The predicted molar refractivity (Wildman–Crippen MR) is 151 cm³/mol. The van der Waals surface area contributed by atoms with E-state index in [1.165, 1.54) is 11.1 Å². The first kappa shape index (κ1) is 26.4. The first-order valence-electron chi connectivity index (χ1n) is 11.8. The highest BCUT2D eigenvalue weighted by molar-refractivity contribution is 7.80. The third-order valence-corrected chi connectivity index (χ3v) is 7.46. The SMILES string of the molecule is COc1cc2c(cc1OC)C(COc1ccc(C(C)C)cc1)N(C(=S)Nc1ccc(Cl)c(Cl)c1)CC2. The average molecular weight is 546 g/mol. The fraction of sp³-hybridized carbons (Fsp3) is 0.321. The van der Waals surface area contributed by atoms with Gasteiger partial charge in [0.2, 0.25) is 0 Å². The number of benzene rings is 3. The Kier molecular flexibility index (Phi) is 8.50. The van der Waals surface area contributed by atoms with Crippen molar-refractivity contribution in [1.82, 2.24) is 4.90 Å². The van der Waals surface area contributed by atoms with Crippen LogP contribution in [0.5, 0.6) is 17.2 Å². The van der Waals surface area contributed by atoms with Crippen molar-refractivity contribution in [3.63, 3.8) is 0 Å². The summed E-state index contributed by atoms with van der Waals surface area (Å²) in [6, 6.07) is 17.6. The molecule has 0 aromatic heterocycles. The Morgan fingerprint density at radius 1 is 1.00 bits per heavy atom. The van der Waals surface area contributed by atoms with Gasteiger partial charge in [0.25, 0.3) is 0 Å². The van der Waals surface area contributed by atoms with E-state index < -0.39 is 0 Å². The Labute approximate surface area is 228 Å². The van der Waals surface area contributed by atoms with Gasteiger partial charge in [-0.15, -0.1) is 0 Å². The summed E-state index contributed by atoms with van der Waals surface area (Å²) in [4.78, 5) is 2.15. The summed E-state index contributed by atoms with van der Waals surface area (Å²) in [6.07, 6.45) is 0.804. The zero-order valence-corrected chi connectivity index (χ0v) is 23.1. The number of halogens is 2. The number of anilines is 1. The number of nitrogens with zero attached hydrogens (tertiary/aromatic N) is 1. The van der Waals surface area contributed by atoms with Gasteiger partial charge in [0.1, 0.15) is 12.4 Å². The van der Waals surface area contributed by atoms with Crippen molar-refractivity contribution < 1.29 is 14.2 Å². The van der Waals surface area contributed by atoms with Gasteiger partial charge in [-0.05, 0) is 83.7 Å². The summed E-state index contributed by atoms with van der Waals surface area (Å²) in [5, 5.41) is 4.86. The van der Waals surface area contributed by atoms with Crippen molar-refractivity contribution in [3.8, 4) is 17.2 Å². The molecule has 0 amide bonds. The topological polar surface area (TPSA) is 43.0 Å². The summed E-state index contributed by atoms with van der Waals surface area (Å²) in [6.45, 7) is 5.48. The van der Waals surface area contributed by atoms with Crippen molar-refractivity contribution in [2.45, 2.75) is 32.2 Å². The second kappa shape index (κ2) is 11.6. The van der Waals surface area contributed by atoms with E-state index in [1.54, 1.807) is 26.4 Å². The molecule has 1 aliphatic rings. The van der Waals surface area contributed by atoms with Gasteiger partial charge in [0, 0.05) is 12.2 Å². The average Bonchev–Trinajstić information content (AvgIpc) is 2.88. The number of thiocarbonyl (C=S) groups is 1. The lowest BCUT2D eigenvalue weighted by Crippen LogP contribution is -2.44. The number of fused-ring (bicyclic) bond motifs is 1. The summed E-state index contributed by atoms with van der Waals surface area (Å²) >= 11 is 18.1. The molecule has 3 aromatic carbocycles. The fourth-order valence-corrected chi connectivity index (χ4v) is 4.98. The van der Waals surface area contributed by atoms with E-state index in [1.807, 2.05) is 30.3 Å². The van der Waals surface area contributed by atoms with E-state index in [4.69, 9.17) is 49.6 Å². The first-order chi connectivity index (χ1) is 17.3. The maximum absolute atomic E-state index is 6.29. The van der Waals surface area contributed by atoms with Crippen LogP contribution in [0.4, 0.5) is 5.69 Å². The minimum atomic E-state index is -0.138. The standard InChI is InChI=1S/C28H30Cl2N2O3S/c1-17(2)18-5-8-21(9-6-18)35-16-25-22-15-27(34-4)26(33-3)13-19(22)11-12-32(25)28(36)31-20-7-10-23(29)24(30)14-20/h5-10,13-15,17,25H,11-12,16H2,1-4H3,(H,31,36). The smallest absolute Gasteiger partial charge is 0.174 e. The largest absolute Gasteiger partial charge is 0.493 e. The third kappa shape index (κ3) is 5.83. The van der Waals surface area contributed by atoms with Crippen molar-refractivity contribution in [1.29, 1.82) is 0 Å². The summed E-state index contributed by atoms with van der Waals surface area (Å²) < 4.78 is 17.4. The van der Waals surface area contributed by atoms with Crippen LogP contribution in [0, 0.1) is 0 Å². The molecular weight excluding hydrogens is 515 g/mol. The van der Waals surface area contributed by atoms with Gasteiger partial charge in [-0.1, -0.05) is 49.2 Å². The maximum Gasteiger partial charge on any atom is 0.174 e. The van der Waals surface area contributed by atoms with Crippen LogP contribution in [0.1, 0.15) is 42.5 Å². The molecule has 36 heavy (non-hydrogen) atoms. The van der Waals surface area contributed by atoms with E-state index in [0.717, 1.165) is 30.0 Å². The van der Waals surface area contributed by atoms with E-state index >= 15 is 0 Å². The molecule has 0 aliphatic carbocycles. The van der Waals surface area contributed by atoms with Crippen molar-refractivity contribution in [2.75, 3.05) is 32.7 Å². The number of nitrogens with one attached hydrogen (secondary N) is 1. The normalized spacial score (nSPS) is 14.9. The van der Waals surface area contributed by atoms with E-state index in [-0.39, 0.29) is 6.04 Å². The quantitative estimate of drug-likeness (QED) is 0.310. The highest BCUT2D eigenvalue weighted by Gasteiger charge is 2.31. The summed E-state index contributed by atoms with van der Waals surface area (Å²) in [5.41, 5.74) is 4.33. The van der Waals surface area contributed by atoms with Crippen LogP contribution in [-0.2, 0) is 6.42 Å². The van der Waals surface area contributed by atoms with Gasteiger partial charge in [0.15, 0.2) is 16.6 Å². The predicted octanol–water partition coefficient (Wildman–Crippen LogP) is 7.51. The van der Waals surface area contributed by atoms with Crippen molar-refractivity contribution in [3.05, 3.63) is 81.3 Å². The lowest BCUT2D eigenvalue weighted by atomic mass is 9.92. The van der Waals surface area contributed by atoms with Gasteiger partial charge in [-0.25, -0.2) is 0 Å². The van der Waals surface area contributed by atoms with Crippen LogP contribution >= 0.6 is 35.4 Å². The molecule has 5 nitrogen and oxygen atoms in total. The Morgan fingerprint density at radius 2 is 1.69 bits per heavy atom. The van der Waals surface area contributed by atoms with Crippen LogP contribution in [0.15, 0.2) is 54.6 Å². The molecule has 0 spiro atoms. The number of methoxy groups -OCH3 is 2. The molecule has 0 saturated heterocycles. The van der Waals surface area contributed by atoms with E-state index in [2.05, 4.69) is 36.2 Å². The molecule has 3 aromatic rings. The van der Waals surface area contributed by atoms with Gasteiger partial charge in [-0.2, -0.15) is 0 Å². The number of ether oxygens (including phenoxy) is 3. The zero-order valence-electron chi connectivity index (χ0n) is 20.8. The molecule has 1 heterocycles. The second-order valence-electron chi connectivity index (χ2n) is 8.96. The number of hydrogen-bond donors (Lipinski definition) is 1. The lowest BCUT2D eigenvalue weighted by molar-refractivity contribution is 0.190. The first-order valence-corrected chi connectivity index (χ1v) is 13.0. The van der Waals surface area contributed by atoms with Crippen LogP contribution in [0.3, 0.4) is 0 Å². The summed E-state index contributed by atoms with van der Waals surface area (Å²) in [5.74, 6) is 2.67. The highest BCUT2D eigenvalue weighted by atomic mass is 35.5. The molecule has 0 radical (unpaired) electrons. The van der Waals surface area contributed by atoms with Crippen molar-refractivity contribution >= 4 is 46.2 Å². The molecule has 190 valence electrons. The number of rotatable bonds is 7. The van der Waals surface area contributed by atoms with Crippen LogP contribution in [0.2, 0.25) is 10.0 Å². The van der Waals surface area contributed by atoms with Crippen LogP contribution in [-0.4, -0.2) is 37.4 Å². The third-order valence-electron chi connectivity index (χ3n) is 6.39. The van der Waals surface area contributed by atoms with Crippen LogP contribution < -0.4 is 19.5 Å². The number of hydrogen-bond acceptors (Lipinski definition) is 4. The molecule has 4 rings (SSSR count). The molecule has 1 unspecified atom stereocenters. The minimum absolute atomic E-state index is 0.138. The Morgan fingerprint density at radius 3 is 2.33 bits per heavy atom. The zero-order chi connectivity index (χ0) is 25.8. The molecule has 0 saturated carbocycles. The van der Waals surface area contributed by atoms with E-state index in [9.17, 15) is 0 Å². The molecule has 0 fully saturated rings. The van der Waals surface area contributed by atoms with Crippen LogP contribution in [0.25, 0.3) is 0 Å². The second-order valence-corrected chi connectivity index (χ2v) is 10.2. The van der Waals surface area contributed by atoms with Crippen molar-refractivity contribution in [2.24, 2.45) is 0 Å². The van der Waals surface area contributed by atoms with E-state index in [0.29, 0.717) is 39.2 Å².